The summed E-state index contributed by atoms with van der Waals surface area (Å²) in [6, 6.07) is 5.92. The van der Waals surface area contributed by atoms with Crippen LogP contribution in [0.5, 0.6) is 5.75 Å². The van der Waals surface area contributed by atoms with Crippen LogP contribution < -0.4 is 21.2 Å². The molecular weight excluding hydrogens is 461 g/mol. The van der Waals surface area contributed by atoms with Gasteiger partial charge < -0.3 is 19.9 Å². The smallest absolute Gasteiger partial charge is 0.245 e. The standard InChI is InChI=1S/C27H21BF2N4O2/c1-3-17-20(29)7-4-13-8-16(35)9-18(21(13)17)24-23(30)26-19(10-31-24)25(22(28)27(36)33(26)2)34-11-14-5-6-15(12-34)32-14/h1,4,7-10,14-15,32,35H,5-6,11-12H2,2H3/t14-,15?/m0/s1. The Balaban J connectivity index is 1.65. The lowest BCUT2D eigenvalue weighted by molar-refractivity contribution is 0.467. The molecule has 0 saturated carbocycles. The molecular formula is C27H21BF2N4O2. The van der Waals surface area contributed by atoms with Gasteiger partial charge in [-0.15, -0.1) is 6.42 Å². The molecule has 1 unspecified atom stereocenters. The number of terminal acetylenes is 1. The number of nitrogens with one attached hydrogen (secondary N) is 1. The van der Waals surface area contributed by atoms with Gasteiger partial charge in [0.1, 0.15) is 25.1 Å². The summed E-state index contributed by atoms with van der Waals surface area (Å²) in [4.78, 5) is 19.6. The Morgan fingerprint density at radius 2 is 1.94 bits per heavy atom. The molecule has 6 nitrogen and oxygen atoms in total. The summed E-state index contributed by atoms with van der Waals surface area (Å²) >= 11 is 0. The second-order valence-corrected chi connectivity index (χ2v) is 9.51. The van der Waals surface area contributed by atoms with Crippen LogP contribution in [0.3, 0.4) is 0 Å². The number of nitrogens with zero attached hydrogens (tertiary/aromatic N) is 3. The van der Waals surface area contributed by atoms with Gasteiger partial charge >= 0.3 is 0 Å². The summed E-state index contributed by atoms with van der Waals surface area (Å²) in [5.74, 6) is 0.741. The Morgan fingerprint density at radius 3 is 2.64 bits per heavy atom. The van der Waals surface area contributed by atoms with Crippen LogP contribution >= 0.6 is 0 Å². The average molecular weight is 482 g/mol. The predicted molar refractivity (Wildman–Crippen MR) is 137 cm³/mol. The zero-order valence-corrected chi connectivity index (χ0v) is 19.5. The maximum atomic E-state index is 16.3. The van der Waals surface area contributed by atoms with Gasteiger partial charge in [0.25, 0.3) is 0 Å². The average Bonchev–Trinajstić information content (AvgIpc) is 3.20. The summed E-state index contributed by atoms with van der Waals surface area (Å²) in [5, 5.41) is 15.0. The van der Waals surface area contributed by atoms with E-state index < -0.39 is 17.2 Å². The van der Waals surface area contributed by atoms with Crippen LogP contribution in [0.2, 0.25) is 0 Å². The number of hydrogen-bond donors (Lipinski definition) is 2. The highest BCUT2D eigenvalue weighted by atomic mass is 19.1. The first kappa shape index (κ1) is 22.6. The number of anilines is 1. The minimum Gasteiger partial charge on any atom is -0.508 e. The van der Waals surface area contributed by atoms with E-state index in [4.69, 9.17) is 14.3 Å². The van der Waals surface area contributed by atoms with Crippen LogP contribution in [-0.4, -0.2) is 47.7 Å². The van der Waals surface area contributed by atoms with Crippen molar-refractivity contribution in [3.63, 3.8) is 0 Å². The first-order valence-corrected chi connectivity index (χ1v) is 11.7. The van der Waals surface area contributed by atoms with Gasteiger partial charge in [-0.25, -0.2) is 8.78 Å². The van der Waals surface area contributed by atoms with Crippen molar-refractivity contribution in [3.05, 3.63) is 58.0 Å². The third-order valence-electron chi connectivity index (χ3n) is 7.36. The molecule has 36 heavy (non-hydrogen) atoms. The molecule has 0 aliphatic carbocycles. The number of phenolic OH excluding ortho intramolecular Hbond substituents is 1. The third-order valence-corrected chi connectivity index (χ3v) is 7.36. The van der Waals surface area contributed by atoms with E-state index in [1.807, 2.05) is 4.90 Å². The Labute approximate surface area is 207 Å². The fourth-order valence-electron chi connectivity index (χ4n) is 5.77. The molecule has 2 aromatic heterocycles. The number of hydrogen-bond acceptors (Lipinski definition) is 5. The number of halogens is 2. The number of rotatable bonds is 2. The molecule has 2 N–H and O–H groups in total. The monoisotopic (exact) mass is 482 g/mol. The van der Waals surface area contributed by atoms with Crippen LogP contribution in [-0.2, 0) is 7.05 Å². The molecule has 2 atom stereocenters. The molecule has 6 rings (SSSR count). The summed E-state index contributed by atoms with van der Waals surface area (Å²) < 4.78 is 32.1. The Kier molecular flexibility index (Phi) is 5.06. The highest BCUT2D eigenvalue weighted by Crippen LogP contribution is 2.38. The molecule has 178 valence electrons. The molecule has 2 saturated heterocycles. The van der Waals surface area contributed by atoms with E-state index in [1.165, 1.54) is 42.1 Å². The maximum Gasteiger partial charge on any atom is 0.245 e. The van der Waals surface area contributed by atoms with Crippen LogP contribution in [0.4, 0.5) is 14.5 Å². The van der Waals surface area contributed by atoms with E-state index in [2.05, 4.69) is 16.2 Å². The van der Waals surface area contributed by atoms with Gasteiger partial charge in [0.15, 0.2) is 5.82 Å². The van der Waals surface area contributed by atoms with E-state index in [0.717, 1.165) is 12.8 Å². The molecule has 2 bridgehead atoms. The Bertz CT molecular complexity index is 1680. The van der Waals surface area contributed by atoms with E-state index in [-0.39, 0.29) is 51.0 Å². The van der Waals surface area contributed by atoms with Crippen molar-refractivity contribution in [2.45, 2.75) is 24.9 Å². The highest BCUT2D eigenvalue weighted by Gasteiger charge is 2.34. The van der Waals surface area contributed by atoms with Crippen molar-refractivity contribution in [2.24, 2.45) is 7.05 Å². The van der Waals surface area contributed by atoms with Gasteiger partial charge in [0.2, 0.25) is 5.56 Å². The molecule has 2 radical (unpaired) electrons. The van der Waals surface area contributed by atoms with Crippen LogP contribution in [0.25, 0.3) is 32.9 Å². The third kappa shape index (κ3) is 3.21. The number of aryl methyl sites for hydroxylation is 1. The van der Waals surface area contributed by atoms with Gasteiger partial charge in [-0.05, 0) is 41.9 Å². The molecule has 0 amide bonds. The lowest BCUT2D eigenvalue weighted by atomic mass is 9.91. The quantitative estimate of drug-likeness (QED) is 0.340. The second-order valence-electron chi connectivity index (χ2n) is 9.51. The van der Waals surface area contributed by atoms with E-state index in [1.54, 1.807) is 0 Å². The van der Waals surface area contributed by atoms with Gasteiger partial charge in [-0.2, -0.15) is 0 Å². The summed E-state index contributed by atoms with van der Waals surface area (Å²) in [6.07, 6.45) is 9.12. The van der Waals surface area contributed by atoms with Crippen molar-refractivity contribution < 1.29 is 13.9 Å². The topological polar surface area (TPSA) is 70.4 Å². The number of fused-ring (bicyclic) bond motifs is 4. The molecule has 0 spiro atoms. The van der Waals surface area contributed by atoms with Crippen molar-refractivity contribution in [1.29, 1.82) is 0 Å². The summed E-state index contributed by atoms with van der Waals surface area (Å²) in [7, 11) is 7.75. The fraction of sp³-hybridized carbons (Fsp3) is 0.259. The number of benzene rings is 2. The Hall–Kier alpha value is -3.90. The van der Waals surface area contributed by atoms with E-state index in [0.29, 0.717) is 29.5 Å². The molecule has 2 fully saturated rings. The van der Waals surface area contributed by atoms with Gasteiger partial charge in [-0.3, -0.25) is 9.78 Å². The predicted octanol–water partition coefficient (Wildman–Crippen LogP) is 2.45. The molecule has 9 heteroatoms. The first-order chi connectivity index (χ1) is 17.3. The largest absolute Gasteiger partial charge is 0.508 e. The minimum absolute atomic E-state index is 0.0234. The van der Waals surface area contributed by atoms with Crippen LogP contribution in [0.15, 0.2) is 35.3 Å². The van der Waals surface area contributed by atoms with E-state index in [9.17, 15) is 14.3 Å². The van der Waals surface area contributed by atoms with Crippen molar-refractivity contribution in [2.75, 3.05) is 18.0 Å². The number of aromatic hydroxyl groups is 1. The molecule has 4 heterocycles. The second kappa shape index (κ2) is 8.07. The first-order valence-electron chi connectivity index (χ1n) is 11.7. The molecule has 2 aliphatic rings. The number of phenols is 1. The van der Waals surface area contributed by atoms with Crippen LogP contribution in [0.1, 0.15) is 18.4 Å². The van der Waals surface area contributed by atoms with Crippen molar-refractivity contribution >= 4 is 40.7 Å². The lowest BCUT2D eigenvalue weighted by Crippen LogP contribution is -2.53. The zero-order valence-electron chi connectivity index (χ0n) is 19.5. The SMILES string of the molecule is [B]c1c(N2CC3CC[C@@H](C2)N3)c2cnc(-c3cc(O)cc4ccc(F)c(C#C)c34)c(F)c2n(C)c1=O. The molecule has 2 aromatic carbocycles. The number of aromatic nitrogens is 2. The highest BCUT2D eigenvalue weighted by molar-refractivity contribution is 6.37. The minimum atomic E-state index is -0.786. The van der Waals surface area contributed by atoms with Crippen molar-refractivity contribution in [1.82, 2.24) is 14.9 Å². The normalized spacial score (nSPS) is 19.2. The maximum absolute atomic E-state index is 16.3. The summed E-state index contributed by atoms with van der Waals surface area (Å²) in [5.41, 5.74) is -0.0717. The fourth-order valence-corrected chi connectivity index (χ4v) is 5.77. The van der Waals surface area contributed by atoms with Gasteiger partial charge in [0.05, 0.1) is 11.1 Å². The number of pyridine rings is 2. The van der Waals surface area contributed by atoms with E-state index >= 15 is 4.39 Å². The number of piperazine rings is 1. The van der Waals surface area contributed by atoms with Gasteiger partial charge in [-0.1, -0.05) is 12.0 Å². The van der Waals surface area contributed by atoms with Gasteiger partial charge in [0, 0.05) is 60.4 Å². The molecule has 4 aromatic rings. The van der Waals surface area contributed by atoms with Crippen molar-refractivity contribution in [3.8, 4) is 29.4 Å². The zero-order chi connectivity index (χ0) is 25.3. The lowest BCUT2D eigenvalue weighted by Gasteiger charge is -2.36. The van der Waals surface area contributed by atoms with Crippen LogP contribution in [0, 0.1) is 24.0 Å². The Morgan fingerprint density at radius 1 is 1.22 bits per heavy atom. The molecule has 2 aliphatic heterocycles. The summed E-state index contributed by atoms with van der Waals surface area (Å²) in [6.45, 7) is 1.29.